The molecular weight excluding hydrogens is 608 g/mol. The van der Waals surface area contributed by atoms with E-state index in [2.05, 4.69) is 21.7 Å². The second-order valence-corrected chi connectivity index (χ2v) is 12.5. The maximum atomic E-state index is 14.1. The zero-order valence-electron chi connectivity index (χ0n) is 27.5. The minimum atomic E-state index is -1.20. The van der Waals surface area contributed by atoms with Crippen molar-refractivity contribution >= 4 is 23.5 Å². The Morgan fingerprint density at radius 2 is 1.71 bits per heavy atom. The number of benzene rings is 2. The van der Waals surface area contributed by atoms with E-state index in [0.717, 1.165) is 36.1 Å². The maximum Gasteiger partial charge on any atom is 0.250 e. The highest BCUT2D eigenvalue weighted by Gasteiger charge is 2.32. The van der Waals surface area contributed by atoms with E-state index in [1.165, 1.54) is 6.33 Å². The fraction of sp³-hybridized carbons (Fsp3) is 0.351. The predicted molar refractivity (Wildman–Crippen MR) is 183 cm³/mol. The number of imidazole rings is 1. The molecule has 3 amide bonds. The Morgan fingerprint density at radius 1 is 1.00 bits per heavy atom. The Bertz CT molecular complexity index is 1620. The number of carbonyl (C=O) groups excluding carboxylic acids is 3. The third kappa shape index (κ3) is 9.52. The van der Waals surface area contributed by atoms with E-state index in [9.17, 15) is 14.4 Å². The van der Waals surface area contributed by atoms with Crippen LogP contribution in [0, 0.1) is 0 Å². The molecule has 4 N–H and O–H groups in total. The number of hydrogen-bond acceptors (Lipinski definition) is 7. The molecule has 252 valence electrons. The van der Waals surface area contributed by atoms with Crippen molar-refractivity contribution in [2.24, 2.45) is 5.73 Å². The number of nitrogens with one attached hydrogen (secondary N) is 2. The van der Waals surface area contributed by atoms with E-state index in [1.807, 2.05) is 89.9 Å². The molecule has 48 heavy (non-hydrogen) atoms. The Kier molecular flexibility index (Phi) is 11.6. The van der Waals surface area contributed by atoms with Gasteiger partial charge in [-0.05, 0) is 31.1 Å². The predicted octanol–water partition coefficient (Wildman–Crippen LogP) is 4.26. The zero-order valence-corrected chi connectivity index (χ0v) is 27.5. The number of ether oxygens (including phenoxy) is 2. The van der Waals surface area contributed by atoms with Gasteiger partial charge >= 0.3 is 0 Å². The SMILES string of the molecule is CC(C)(N)C(=O)NC(COCc1ccccc1)C(=O)Nc1cn(C(C(=O)N2CCC(OC3=CC=CC=CC3)CC2)c2ccccc2)cn1. The highest BCUT2D eigenvalue weighted by molar-refractivity contribution is 5.98. The molecule has 0 spiro atoms. The molecule has 0 saturated carbocycles. The van der Waals surface area contributed by atoms with Gasteiger partial charge in [0.2, 0.25) is 11.8 Å². The van der Waals surface area contributed by atoms with Gasteiger partial charge in [0.25, 0.3) is 5.91 Å². The first-order chi connectivity index (χ1) is 23.2. The summed E-state index contributed by atoms with van der Waals surface area (Å²) in [7, 11) is 0. The van der Waals surface area contributed by atoms with E-state index in [0.29, 0.717) is 13.1 Å². The van der Waals surface area contributed by atoms with Gasteiger partial charge in [0.15, 0.2) is 5.82 Å². The molecular formula is C37H44N6O5. The van der Waals surface area contributed by atoms with Crippen molar-refractivity contribution in [1.82, 2.24) is 19.8 Å². The summed E-state index contributed by atoms with van der Waals surface area (Å²) >= 11 is 0. The summed E-state index contributed by atoms with van der Waals surface area (Å²) in [5.74, 6) is 0.0654. The second kappa shape index (κ2) is 16.2. The number of allylic oxidation sites excluding steroid dienone is 5. The standard InChI is InChI=1S/C37H44N6O5/c1-37(2,38)36(46)40-31(25-47-24-27-13-7-5-8-14-27)34(44)41-32-23-43(26-39-32)33(28-15-9-6-10-16-28)35(45)42-21-19-30(20-22-42)48-29-17-11-3-4-12-18-29/h3-17,23,26,30-31,33H,18-22,24-25,38H2,1-2H3,(H,40,46)(H,41,44). The highest BCUT2D eigenvalue weighted by Crippen LogP contribution is 2.26. The molecule has 2 aliphatic rings. The largest absolute Gasteiger partial charge is 0.494 e. The average Bonchev–Trinajstić information content (AvgIpc) is 3.37. The Balaban J connectivity index is 1.26. The van der Waals surface area contributed by atoms with Gasteiger partial charge in [-0.2, -0.15) is 0 Å². The summed E-state index contributed by atoms with van der Waals surface area (Å²) in [6.45, 7) is 4.42. The number of aromatic nitrogens is 2. The summed E-state index contributed by atoms with van der Waals surface area (Å²) < 4.78 is 13.7. The van der Waals surface area contributed by atoms with Crippen LogP contribution in [-0.4, -0.2) is 69.6 Å². The molecule has 11 heteroatoms. The summed E-state index contributed by atoms with van der Waals surface area (Å²) in [4.78, 5) is 46.5. The van der Waals surface area contributed by atoms with E-state index in [1.54, 1.807) is 24.6 Å². The molecule has 0 bridgehead atoms. The van der Waals surface area contributed by atoms with Crippen LogP contribution < -0.4 is 16.4 Å². The van der Waals surface area contributed by atoms with Crippen LogP contribution in [0.5, 0.6) is 0 Å². The molecule has 0 radical (unpaired) electrons. The van der Waals surface area contributed by atoms with Gasteiger partial charge in [-0.1, -0.05) is 85.0 Å². The highest BCUT2D eigenvalue weighted by atomic mass is 16.5. The van der Waals surface area contributed by atoms with Crippen molar-refractivity contribution in [2.45, 2.75) is 63.4 Å². The number of rotatable bonds is 13. The van der Waals surface area contributed by atoms with Crippen molar-refractivity contribution in [3.8, 4) is 0 Å². The lowest BCUT2D eigenvalue weighted by Crippen LogP contribution is -2.56. The van der Waals surface area contributed by atoms with Crippen molar-refractivity contribution in [3.63, 3.8) is 0 Å². The lowest BCUT2D eigenvalue weighted by Gasteiger charge is -2.35. The number of amides is 3. The van der Waals surface area contributed by atoms with Crippen LogP contribution in [0.4, 0.5) is 5.82 Å². The minimum absolute atomic E-state index is 0.0420. The Labute approximate surface area is 281 Å². The van der Waals surface area contributed by atoms with E-state index < -0.39 is 29.4 Å². The number of likely N-dealkylation sites (tertiary alicyclic amines) is 1. The second-order valence-electron chi connectivity index (χ2n) is 12.5. The summed E-state index contributed by atoms with van der Waals surface area (Å²) in [6, 6.07) is 17.3. The number of anilines is 1. The maximum absolute atomic E-state index is 14.1. The normalized spacial score (nSPS) is 16.4. The summed E-state index contributed by atoms with van der Waals surface area (Å²) in [5.41, 5.74) is 6.51. The minimum Gasteiger partial charge on any atom is -0.494 e. The number of piperidine rings is 1. The van der Waals surface area contributed by atoms with Crippen LogP contribution in [0.1, 0.15) is 50.3 Å². The molecule has 2 heterocycles. The van der Waals surface area contributed by atoms with Gasteiger partial charge < -0.3 is 35.3 Å². The first-order valence-corrected chi connectivity index (χ1v) is 16.3. The smallest absolute Gasteiger partial charge is 0.250 e. The molecule has 1 aliphatic carbocycles. The lowest BCUT2D eigenvalue weighted by atomic mass is 10.0. The van der Waals surface area contributed by atoms with Crippen LogP contribution in [0.25, 0.3) is 0 Å². The molecule has 5 rings (SSSR count). The van der Waals surface area contributed by atoms with Gasteiger partial charge in [0, 0.05) is 38.5 Å². The average molecular weight is 653 g/mol. The molecule has 3 aromatic rings. The molecule has 2 atom stereocenters. The third-order valence-corrected chi connectivity index (χ3v) is 8.13. The first-order valence-electron chi connectivity index (χ1n) is 16.3. The quantitative estimate of drug-likeness (QED) is 0.251. The molecule has 1 fully saturated rings. The van der Waals surface area contributed by atoms with Crippen molar-refractivity contribution < 1.29 is 23.9 Å². The van der Waals surface area contributed by atoms with Gasteiger partial charge in [-0.15, -0.1) is 0 Å². The molecule has 1 aromatic heterocycles. The Hall–Kier alpha value is -5.00. The van der Waals surface area contributed by atoms with Crippen molar-refractivity contribution in [3.05, 3.63) is 120 Å². The van der Waals surface area contributed by atoms with Crippen molar-refractivity contribution in [1.29, 1.82) is 0 Å². The molecule has 1 saturated heterocycles. The van der Waals surface area contributed by atoms with Gasteiger partial charge in [-0.3, -0.25) is 14.4 Å². The summed E-state index contributed by atoms with van der Waals surface area (Å²) in [5, 5.41) is 5.47. The molecule has 2 unspecified atom stereocenters. The number of nitrogens with zero attached hydrogens (tertiary/aromatic N) is 3. The van der Waals surface area contributed by atoms with Crippen LogP contribution in [0.15, 0.2) is 109 Å². The molecule has 2 aromatic carbocycles. The number of carbonyl (C=O) groups is 3. The first kappa shape index (κ1) is 34.3. The fourth-order valence-electron chi connectivity index (χ4n) is 5.46. The van der Waals surface area contributed by atoms with Gasteiger partial charge in [0.05, 0.1) is 25.1 Å². The van der Waals surface area contributed by atoms with Crippen LogP contribution in [0.2, 0.25) is 0 Å². The summed E-state index contributed by atoms with van der Waals surface area (Å²) in [6.07, 6.45) is 15.4. The van der Waals surface area contributed by atoms with Crippen LogP contribution in [-0.2, 0) is 30.5 Å². The third-order valence-electron chi connectivity index (χ3n) is 8.13. The van der Waals surface area contributed by atoms with E-state index in [4.69, 9.17) is 15.2 Å². The van der Waals surface area contributed by atoms with Crippen molar-refractivity contribution in [2.75, 3.05) is 25.0 Å². The molecule has 11 nitrogen and oxygen atoms in total. The van der Waals surface area contributed by atoms with E-state index in [-0.39, 0.29) is 31.0 Å². The molecule has 1 aliphatic heterocycles. The van der Waals surface area contributed by atoms with E-state index >= 15 is 0 Å². The van der Waals surface area contributed by atoms with Crippen LogP contribution in [0.3, 0.4) is 0 Å². The van der Waals surface area contributed by atoms with Gasteiger partial charge in [0.1, 0.15) is 23.9 Å². The zero-order chi connectivity index (χ0) is 33.9. The topological polar surface area (TPSA) is 141 Å². The number of hydrogen-bond donors (Lipinski definition) is 3. The Morgan fingerprint density at radius 3 is 2.42 bits per heavy atom. The van der Waals surface area contributed by atoms with Crippen LogP contribution >= 0.6 is 0 Å². The fourth-order valence-corrected chi connectivity index (χ4v) is 5.46. The lowest BCUT2D eigenvalue weighted by molar-refractivity contribution is -0.135. The van der Waals surface area contributed by atoms with Gasteiger partial charge in [-0.25, -0.2) is 4.98 Å². The number of nitrogens with two attached hydrogens (primary N) is 1. The monoisotopic (exact) mass is 652 g/mol.